The molecule has 0 radical (unpaired) electrons. The summed E-state index contributed by atoms with van der Waals surface area (Å²) in [6.45, 7) is 2.18. The summed E-state index contributed by atoms with van der Waals surface area (Å²) in [5.74, 6) is 0.316. The van der Waals surface area contributed by atoms with E-state index in [9.17, 15) is 18.0 Å². The van der Waals surface area contributed by atoms with Gasteiger partial charge in [0.15, 0.2) is 0 Å². The minimum absolute atomic E-state index is 0.115. The van der Waals surface area contributed by atoms with Crippen molar-refractivity contribution in [3.05, 3.63) is 60.2 Å². The third kappa shape index (κ3) is 8.49. The molecule has 1 N–H and O–H groups in total. The van der Waals surface area contributed by atoms with Gasteiger partial charge in [0.1, 0.15) is 11.8 Å². The van der Waals surface area contributed by atoms with Gasteiger partial charge in [0, 0.05) is 25.6 Å². The lowest BCUT2D eigenvalue weighted by Gasteiger charge is -2.31. The third-order valence-electron chi connectivity index (χ3n) is 6.80. The van der Waals surface area contributed by atoms with Gasteiger partial charge in [0.2, 0.25) is 21.8 Å². The minimum Gasteiger partial charge on any atom is -0.497 e. The van der Waals surface area contributed by atoms with Gasteiger partial charge in [-0.25, -0.2) is 8.42 Å². The monoisotopic (exact) mass is 529 g/mol. The third-order valence-corrected chi connectivity index (χ3v) is 8.00. The number of para-hydroxylation sites is 1. The fourth-order valence-electron chi connectivity index (χ4n) is 4.72. The average molecular weight is 530 g/mol. The molecule has 1 aliphatic rings. The predicted octanol–water partition coefficient (Wildman–Crippen LogP) is 4.11. The van der Waals surface area contributed by atoms with Crippen molar-refractivity contribution in [1.29, 1.82) is 0 Å². The normalized spacial score (nSPS) is 15.0. The summed E-state index contributed by atoms with van der Waals surface area (Å²) in [7, 11) is -1.92. The second-order valence-corrected chi connectivity index (χ2v) is 11.6. The Bertz CT molecular complexity index is 1130. The molecular weight excluding hydrogens is 490 g/mol. The Kier molecular flexibility index (Phi) is 10.4. The molecule has 0 heterocycles. The lowest BCUT2D eigenvalue weighted by atomic mass is 9.95. The van der Waals surface area contributed by atoms with Crippen molar-refractivity contribution in [3.8, 4) is 5.75 Å². The van der Waals surface area contributed by atoms with Crippen LogP contribution in [0.3, 0.4) is 0 Å². The standard InChI is InChI=1S/C28H39N3O5S/c1-22(28(33)29-24-13-6-4-7-14-24)30(21-23-12-10-17-26(20-23)36-2)27(32)18-11-19-31(37(3,34)35)25-15-8-5-9-16-25/h5,8-10,12,15-17,20,22,24H,4,6-7,11,13-14,18-19,21H2,1-3H3,(H,29,33)/t22-/m1/s1. The lowest BCUT2D eigenvalue weighted by molar-refractivity contribution is -0.141. The Labute approximate surface area is 221 Å². The van der Waals surface area contributed by atoms with E-state index in [1.807, 2.05) is 30.3 Å². The molecule has 1 fully saturated rings. The van der Waals surface area contributed by atoms with Crippen LogP contribution < -0.4 is 14.4 Å². The maximum Gasteiger partial charge on any atom is 0.242 e. The van der Waals surface area contributed by atoms with Crippen LogP contribution in [0.15, 0.2) is 54.6 Å². The number of ether oxygens (including phenoxy) is 1. The summed E-state index contributed by atoms with van der Waals surface area (Å²) in [6, 6.07) is 15.8. The van der Waals surface area contributed by atoms with Crippen molar-refractivity contribution in [1.82, 2.24) is 10.2 Å². The fraction of sp³-hybridized carbons (Fsp3) is 0.500. The molecule has 2 aromatic rings. The molecule has 1 atom stereocenters. The van der Waals surface area contributed by atoms with Crippen LogP contribution in [0.5, 0.6) is 5.75 Å². The number of hydrogen-bond acceptors (Lipinski definition) is 5. The summed E-state index contributed by atoms with van der Waals surface area (Å²) in [6.07, 6.45) is 6.92. The molecule has 0 bridgehead atoms. The van der Waals surface area contributed by atoms with Gasteiger partial charge >= 0.3 is 0 Å². The van der Waals surface area contributed by atoms with E-state index in [1.165, 1.54) is 10.7 Å². The molecular formula is C28H39N3O5S. The number of rotatable bonds is 12. The molecule has 1 saturated carbocycles. The first-order valence-corrected chi connectivity index (χ1v) is 14.8. The van der Waals surface area contributed by atoms with Gasteiger partial charge in [-0.1, -0.05) is 49.6 Å². The molecule has 2 amide bonds. The maximum atomic E-state index is 13.5. The zero-order chi connectivity index (χ0) is 26.8. The quantitative estimate of drug-likeness (QED) is 0.447. The highest BCUT2D eigenvalue weighted by atomic mass is 32.2. The van der Waals surface area contributed by atoms with Crippen molar-refractivity contribution >= 4 is 27.5 Å². The first kappa shape index (κ1) is 28.5. The van der Waals surface area contributed by atoms with Gasteiger partial charge in [-0.3, -0.25) is 13.9 Å². The number of carbonyl (C=O) groups is 2. The zero-order valence-electron chi connectivity index (χ0n) is 22.1. The van der Waals surface area contributed by atoms with Gasteiger partial charge in [0.25, 0.3) is 0 Å². The van der Waals surface area contributed by atoms with E-state index in [2.05, 4.69) is 5.32 Å². The number of benzene rings is 2. The van der Waals surface area contributed by atoms with Gasteiger partial charge in [-0.05, 0) is 56.0 Å². The van der Waals surface area contributed by atoms with Crippen LogP contribution in [0.2, 0.25) is 0 Å². The molecule has 0 saturated heterocycles. The Morgan fingerprint density at radius 1 is 1.05 bits per heavy atom. The summed E-state index contributed by atoms with van der Waals surface area (Å²) >= 11 is 0. The molecule has 202 valence electrons. The molecule has 0 spiro atoms. The highest BCUT2D eigenvalue weighted by molar-refractivity contribution is 7.92. The molecule has 2 aromatic carbocycles. The molecule has 0 aromatic heterocycles. The average Bonchev–Trinajstić information content (AvgIpc) is 2.89. The molecule has 0 aliphatic heterocycles. The van der Waals surface area contributed by atoms with E-state index in [0.29, 0.717) is 17.9 Å². The Morgan fingerprint density at radius 3 is 2.41 bits per heavy atom. The van der Waals surface area contributed by atoms with Crippen LogP contribution in [-0.2, 0) is 26.2 Å². The fourth-order valence-corrected chi connectivity index (χ4v) is 5.68. The molecule has 3 rings (SSSR count). The number of anilines is 1. The highest BCUT2D eigenvalue weighted by Crippen LogP contribution is 2.21. The van der Waals surface area contributed by atoms with Gasteiger partial charge in [-0.2, -0.15) is 0 Å². The Balaban J connectivity index is 1.72. The first-order chi connectivity index (χ1) is 17.7. The van der Waals surface area contributed by atoms with E-state index in [4.69, 9.17) is 4.74 Å². The van der Waals surface area contributed by atoms with Crippen LogP contribution in [0.1, 0.15) is 57.4 Å². The van der Waals surface area contributed by atoms with E-state index in [1.54, 1.807) is 43.2 Å². The topological polar surface area (TPSA) is 96.0 Å². The highest BCUT2D eigenvalue weighted by Gasteiger charge is 2.28. The van der Waals surface area contributed by atoms with Crippen LogP contribution >= 0.6 is 0 Å². The number of nitrogens with zero attached hydrogens (tertiary/aromatic N) is 2. The Morgan fingerprint density at radius 2 is 1.76 bits per heavy atom. The zero-order valence-corrected chi connectivity index (χ0v) is 22.9. The first-order valence-electron chi connectivity index (χ1n) is 12.9. The van der Waals surface area contributed by atoms with Crippen molar-refractivity contribution in [2.45, 2.75) is 70.5 Å². The Hall–Kier alpha value is -3.07. The van der Waals surface area contributed by atoms with E-state index >= 15 is 0 Å². The number of amides is 2. The van der Waals surface area contributed by atoms with Gasteiger partial charge in [0.05, 0.1) is 19.1 Å². The second-order valence-electron chi connectivity index (χ2n) is 9.67. The van der Waals surface area contributed by atoms with Crippen molar-refractivity contribution < 1.29 is 22.7 Å². The molecule has 1 aliphatic carbocycles. The minimum atomic E-state index is -3.51. The summed E-state index contributed by atoms with van der Waals surface area (Å²) in [5.41, 5.74) is 1.41. The van der Waals surface area contributed by atoms with Crippen LogP contribution in [0.4, 0.5) is 5.69 Å². The van der Waals surface area contributed by atoms with Crippen molar-refractivity contribution in [2.75, 3.05) is 24.2 Å². The van der Waals surface area contributed by atoms with Crippen LogP contribution in [0.25, 0.3) is 0 Å². The number of nitrogens with one attached hydrogen (secondary N) is 1. The van der Waals surface area contributed by atoms with Crippen LogP contribution in [-0.4, -0.2) is 57.1 Å². The van der Waals surface area contributed by atoms with E-state index < -0.39 is 16.1 Å². The summed E-state index contributed by atoms with van der Waals surface area (Å²) in [4.78, 5) is 28.2. The van der Waals surface area contributed by atoms with Gasteiger partial charge in [-0.15, -0.1) is 0 Å². The van der Waals surface area contributed by atoms with Gasteiger partial charge < -0.3 is 15.0 Å². The largest absolute Gasteiger partial charge is 0.497 e. The maximum absolute atomic E-state index is 13.5. The second kappa shape index (κ2) is 13.5. The summed E-state index contributed by atoms with van der Waals surface area (Å²) < 4.78 is 31.4. The number of sulfonamides is 1. The predicted molar refractivity (Wildman–Crippen MR) is 146 cm³/mol. The van der Waals surface area contributed by atoms with Crippen molar-refractivity contribution in [3.63, 3.8) is 0 Å². The number of methoxy groups -OCH3 is 1. The molecule has 9 heteroatoms. The molecule has 37 heavy (non-hydrogen) atoms. The number of carbonyl (C=O) groups excluding carboxylic acids is 2. The summed E-state index contributed by atoms with van der Waals surface area (Å²) in [5, 5.41) is 3.13. The van der Waals surface area contributed by atoms with E-state index in [0.717, 1.165) is 37.5 Å². The van der Waals surface area contributed by atoms with Crippen molar-refractivity contribution in [2.24, 2.45) is 0 Å². The molecule has 8 nitrogen and oxygen atoms in total. The molecule has 0 unspecified atom stereocenters. The smallest absolute Gasteiger partial charge is 0.242 e. The number of hydrogen-bond donors (Lipinski definition) is 1. The lowest BCUT2D eigenvalue weighted by Crippen LogP contribution is -2.50. The SMILES string of the molecule is COc1cccc(CN(C(=O)CCCN(c2ccccc2)S(C)(=O)=O)[C@H](C)C(=O)NC2CCCCC2)c1. The van der Waals surface area contributed by atoms with Crippen LogP contribution in [0, 0.1) is 0 Å². The van der Waals surface area contributed by atoms with E-state index in [-0.39, 0.29) is 37.4 Å².